The summed E-state index contributed by atoms with van der Waals surface area (Å²) in [6, 6.07) is 1.82. The summed E-state index contributed by atoms with van der Waals surface area (Å²) >= 11 is 0. The number of pyridine rings is 1. The zero-order valence-corrected chi connectivity index (χ0v) is 7.94. The zero-order valence-electron chi connectivity index (χ0n) is 7.94. The highest BCUT2D eigenvalue weighted by Crippen LogP contribution is 2.18. The smallest absolute Gasteiger partial charge is 0.223 e. The van der Waals surface area contributed by atoms with Crippen LogP contribution in [-0.2, 0) is 0 Å². The average molecular weight is 194 g/mol. The summed E-state index contributed by atoms with van der Waals surface area (Å²) in [7, 11) is 0. The van der Waals surface area contributed by atoms with E-state index in [9.17, 15) is 9.90 Å². The van der Waals surface area contributed by atoms with Crippen LogP contribution in [0.2, 0.25) is 0 Å². The van der Waals surface area contributed by atoms with Gasteiger partial charge in [-0.3, -0.25) is 4.79 Å². The molecular weight excluding hydrogens is 180 g/mol. The lowest BCUT2D eigenvalue weighted by molar-refractivity contribution is 0.359. The molecule has 0 atom stereocenters. The molecule has 4 heteroatoms. The first kappa shape index (κ1) is 9.27. The molecule has 1 aliphatic rings. The minimum atomic E-state index is -0.310. The van der Waals surface area contributed by atoms with Crippen LogP contribution in [0.3, 0.4) is 0 Å². The van der Waals surface area contributed by atoms with E-state index < -0.39 is 0 Å². The Morgan fingerprint density at radius 2 is 2.14 bits per heavy atom. The Balaban J connectivity index is 2.22. The van der Waals surface area contributed by atoms with Crippen LogP contribution in [0, 0.1) is 0 Å². The van der Waals surface area contributed by atoms with Gasteiger partial charge in [0.2, 0.25) is 5.43 Å². The molecule has 0 aliphatic carbocycles. The van der Waals surface area contributed by atoms with Crippen LogP contribution in [0.25, 0.3) is 0 Å². The molecule has 0 saturated carbocycles. The lowest BCUT2D eigenvalue weighted by Crippen LogP contribution is -2.29. The molecule has 1 saturated heterocycles. The molecule has 0 spiro atoms. The summed E-state index contributed by atoms with van der Waals surface area (Å²) in [6.07, 6.45) is 5.36. The molecule has 0 unspecified atom stereocenters. The van der Waals surface area contributed by atoms with E-state index in [1.807, 2.05) is 4.57 Å². The van der Waals surface area contributed by atoms with Gasteiger partial charge in [0.15, 0.2) is 5.75 Å². The highest BCUT2D eigenvalue weighted by Gasteiger charge is 2.13. The predicted octanol–water partition coefficient (Wildman–Crippen LogP) is 0.478. The molecule has 0 aromatic carbocycles. The van der Waals surface area contributed by atoms with Gasteiger partial charge in [0.1, 0.15) is 0 Å². The first-order valence-electron chi connectivity index (χ1n) is 4.89. The van der Waals surface area contributed by atoms with E-state index >= 15 is 0 Å². The van der Waals surface area contributed by atoms with Crippen LogP contribution in [0.5, 0.6) is 5.75 Å². The van der Waals surface area contributed by atoms with E-state index in [4.69, 9.17) is 0 Å². The normalized spacial score (nSPS) is 18.3. The Labute approximate surface area is 82.2 Å². The van der Waals surface area contributed by atoms with Crippen LogP contribution < -0.4 is 10.7 Å². The van der Waals surface area contributed by atoms with Crippen molar-refractivity contribution in [2.75, 3.05) is 13.1 Å². The van der Waals surface area contributed by atoms with Crippen molar-refractivity contribution in [1.29, 1.82) is 0 Å². The molecule has 1 aromatic rings. The van der Waals surface area contributed by atoms with Gasteiger partial charge in [0.05, 0.1) is 6.20 Å². The molecule has 1 aromatic heterocycles. The third-order valence-corrected chi connectivity index (χ3v) is 2.65. The lowest BCUT2D eigenvalue weighted by atomic mass is 10.1. The number of hydrogen-bond acceptors (Lipinski definition) is 3. The number of hydrogen-bond donors (Lipinski definition) is 2. The lowest BCUT2D eigenvalue weighted by Gasteiger charge is -2.25. The number of nitrogens with zero attached hydrogens (tertiary/aromatic N) is 1. The maximum Gasteiger partial charge on any atom is 0.223 e. The minimum Gasteiger partial charge on any atom is -0.503 e. The number of aromatic hydroxyl groups is 1. The van der Waals surface area contributed by atoms with Crippen molar-refractivity contribution in [1.82, 2.24) is 9.88 Å². The second-order valence-electron chi connectivity index (χ2n) is 3.62. The van der Waals surface area contributed by atoms with Gasteiger partial charge in [-0.25, -0.2) is 0 Å². The van der Waals surface area contributed by atoms with Crippen molar-refractivity contribution < 1.29 is 5.11 Å². The highest BCUT2D eigenvalue weighted by atomic mass is 16.3. The van der Waals surface area contributed by atoms with Gasteiger partial charge in [-0.2, -0.15) is 0 Å². The van der Waals surface area contributed by atoms with Crippen molar-refractivity contribution in [3.8, 4) is 5.75 Å². The fraction of sp³-hybridized carbons (Fsp3) is 0.500. The molecule has 76 valence electrons. The van der Waals surface area contributed by atoms with Gasteiger partial charge in [-0.05, 0) is 25.9 Å². The molecule has 1 aliphatic heterocycles. The largest absolute Gasteiger partial charge is 0.503 e. The quantitative estimate of drug-likeness (QED) is 0.683. The Hall–Kier alpha value is -1.29. The van der Waals surface area contributed by atoms with Crippen molar-refractivity contribution >= 4 is 0 Å². The Morgan fingerprint density at radius 3 is 2.79 bits per heavy atom. The maximum atomic E-state index is 11.0. The molecule has 2 rings (SSSR count). The van der Waals surface area contributed by atoms with Crippen LogP contribution >= 0.6 is 0 Å². The first-order chi connectivity index (χ1) is 6.77. The Kier molecular flexibility index (Phi) is 2.54. The third-order valence-electron chi connectivity index (χ3n) is 2.65. The van der Waals surface area contributed by atoms with Gasteiger partial charge in [-0.1, -0.05) is 0 Å². The van der Waals surface area contributed by atoms with Crippen molar-refractivity contribution in [2.24, 2.45) is 0 Å². The van der Waals surface area contributed by atoms with E-state index in [0.717, 1.165) is 25.9 Å². The van der Waals surface area contributed by atoms with E-state index in [1.165, 1.54) is 12.3 Å². The van der Waals surface area contributed by atoms with E-state index in [2.05, 4.69) is 5.32 Å². The molecule has 0 bridgehead atoms. The molecule has 4 nitrogen and oxygen atoms in total. The van der Waals surface area contributed by atoms with E-state index in [0.29, 0.717) is 6.04 Å². The van der Waals surface area contributed by atoms with Gasteiger partial charge in [-0.15, -0.1) is 0 Å². The second kappa shape index (κ2) is 3.84. The predicted molar refractivity (Wildman–Crippen MR) is 53.5 cm³/mol. The highest BCUT2D eigenvalue weighted by molar-refractivity contribution is 5.15. The summed E-state index contributed by atoms with van der Waals surface area (Å²) in [5, 5.41) is 12.6. The number of aromatic nitrogens is 1. The van der Waals surface area contributed by atoms with E-state index in [1.54, 1.807) is 6.20 Å². The monoisotopic (exact) mass is 194 g/mol. The van der Waals surface area contributed by atoms with Crippen LogP contribution in [0.4, 0.5) is 0 Å². The molecular formula is C10H14N2O2. The van der Waals surface area contributed by atoms with Crippen LogP contribution in [0.1, 0.15) is 18.9 Å². The fourth-order valence-electron chi connectivity index (χ4n) is 1.82. The van der Waals surface area contributed by atoms with Crippen LogP contribution in [0.15, 0.2) is 23.3 Å². The van der Waals surface area contributed by atoms with Gasteiger partial charge in [0.25, 0.3) is 0 Å². The standard InChI is InChI=1S/C10H14N2O2/c13-9-3-6-12(7-10(9)14)8-1-4-11-5-2-8/h3,6-8,11,14H,1-2,4-5H2. The summed E-state index contributed by atoms with van der Waals surface area (Å²) in [6.45, 7) is 2.00. The third kappa shape index (κ3) is 1.80. The first-order valence-corrected chi connectivity index (χ1v) is 4.89. The topological polar surface area (TPSA) is 54.3 Å². The van der Waals surface area contributed by atoms with Crippen molar-refractivity contribution in [2.45, 2.75) is 18.9 Å². The molecule has 2 N–H and O–H groups in total. The molecule has 0 radical (unpaired) electrons. The number of nitrogens with one attached hydrogen (secondary N) is 1. The second-order valence-corrected chi connectivity index (χ2v) is 3.62. The van der Waals surface area contributed by atoms with Gasteiger partial charge < -0.3 is 15.0 Å². The SMILES string of the molecule is O=c1ccn(C2CCNCC2)cc1O. The van der Waals surface area contributed by atoms with Crippen molar-refractivity contribution in [3.05, 3.63) is 28.7 Å². The molecule has 14 heavy (non-hydrogen) atoms. The van der Waals surface area contributed by atoms with E-state index in [-0.39, 0.29) is 11.2 Å². The Morgan fingerprint density at radius 1 is 1.43 bits per heavy atom. The van der Waals surface area contributed by atoms with Crippen molar-refractivity contribution in [3.63, 3.8) is 0 Å². The Bertz CT molecular complexity index is 367. The molecule has 2 heterocycles. The molecule has 1 fully saturated rings. The molecule has 0 amide bonds. The zero-order chi connectivity index (χ0) is 9.97. The summed E-state index contributed by atoms with van der Waals surface area (Å²) in [5.74, 6) is -0.161. The summed E-state index contributed by atoms with van der Waals surface area (Å²) < 4.78 is 1.93. The average Bonchev–Trinajstić information content (AvgIpc) is 2.23. The van der Waals surface area contributed by atoms with Crippen LogP contribution in [-0.4, -0.2) is 22.8 Å². The van der Waals surface area contributed by atoms with Gasteiger partial charge >= 0.3 is 0 Å². The number of rotatable bonds is 1. The summed E-state index contributed by atoms with van der Waals surface area (Å²) in [5.41, 5.74) is -0.310. The maximum absolute atomic E-state index is 11.0. The van der Waals surface area contributed by atoms with Gasteiger partial charge in [0, 0.05) is 18.3 Å². The fourth-order valence-corrected chi connectivity index (χ4v) is 1.82. The minimum absolute atomic E-state index is 0.161. The summed E-state index contributed by atoms with van der Waals surface area (Å²) in [4.78, 5) is 11.0. The number of piperidine rings is 1.